The summed E-state index contributed by atoms with van der Waals surface area (Å²) in [6.07, 6.45) is 3.54. The first-order chi connectivity index (χ1) is 8.24. The highest BCUT2D eigenvalue weighted by Crippen LogP contribution is 2.33. The second kappa shape index (κ2) is 5.65. The molecule has 1 heterocycles. The fourth-order valence-corrected chi connectivity index (χ4v) is 2.74. The SMILES string of the molecule is CCC(O)(Cc1ccccc1)C1CCOCC1. The van der Waals surface area contributed by atoms with Gasteiger partial charge in [0.1, 0.15) is 0 Å². The Morgan fingerprint density at radius 1 is 1.24 bits per heavy atom. The number of benzene rings is 1. The Morgan fingerprint density at radius 3 is 2.47 bits per heavy atom. The van der Waals surface area contributed by atoms with Gasteiger partial charge in [0.15, 0.2) is 0 Å². The summed E-state index contributed by atoms with van der Waals surface area (Å²) in [6.45, 7) is 3.67. The lowest BCUT2D eigenvalue weighted by Crippen LogP contribution is -2.42. The molecule has 0 radical (unpaired) electrons. The maximum atomic E-state index is 10.8. The van der Waals surface area contributed by atoms with E-state index in [0.717, 1.165) is 38.9 Å². The van der Waals surface area contributed by atoms with Gasteiger partial charge in [-0.3, -0.25) is 0 Å². The molecular weight excluding hydrogens is 212 g/mol. The van der Waals surface area contributed by atoms with E-state index in [1.807, 2.05) is 18.2 Å². The van der Waals surface area contributed by atoms with Crippen LogP contribution in [-0.2, 0) is 11.2 Å². The molecule has 1 atom stereocenters. The zero-order valence-corrected chi connectivity index (χ0v) is 10.6. The summed E-state index contributed by atoms with van der Waals surface area (Å²) in [4.78, 5) is 0. The molecule has 1 unspecified atom stereocenters. The molecule has 1 aromatic rings. The molecule has 0 bridgehead atoms. The van der Waals surface area contributed by atoms with Gasteiger partial charge >= 0.3 is 0 Å². The Labute approximate surface area is 104 Å². The van der Waals surface area contributed by atoms with Crippen LogP contribution in [0.2, 0.25) is 0 Å². The predicted molar refractivity (Wildman–Crippen MR) is 68.9 cm³/mol. The fraction of sp³-hybridized carbons (Fsp3) is 0.600. The van der Waals surface area contributed by atoms with Crippen LogP contribution in [0.3, 0.4) is 0 Å². The summed E-state index contributed by atoms with van der Waals surface area (Å²) in [6, 6.07) is 10.3. The zero-order valence-electron chi connectivity index (χ0n) is 10.6. The van der Waals surface area contributed by atoms with Crippen LogP contribution in [-0.4, -0.2) is 23.9 Å². The molecule has 0 aliphatic carbocycles. The first kappa shape index (κ1) is 12.6. The van der Waals surface area contributed by atoms with Crippen molar-refractivity contribution in [3.8, 4) is 0 Å². The van der Waals surface area contributed by atoms with E-state index in [4.69, 9.17) is 4.74 Å². The van der Waals surface area contributed by atoms with Crippen molar-refractivity contribution in [2.24, 2.45) is 5.92 Å². The molecule has 0 amide bonds. The van der Waals surface area contributed by atoms with Gasteiger partial charge in [-0.2, -0.15) is 0 Å². The van der Waals surface area contributed by atoms with Crippen molar-refractivity contribution in [3.63, 3.8) is 0 Å². The molecule has 2 heteroatoms. The molecule has 2 nitrogen and oxygen atoms in total. The van der Waals surface area contributed by atoms with Crippen molar-refractivity contribution in [1.29, 1.82) is 0 Å². The van der Waals surface area contributed by atoms with E-state index < -0.39 is 5.60 Å². The van der Waals surface area contributed by atoms with E-state index in [-0.39, 0.29) is 0 Å². The molecule has 1 aliphatic rings. The minimum atomic E-state index is -0.564. The van der Waals surface area contributed by atoms with E-state index in [0.29, 0.717) is 5.92 Å². The van der Waals surface area contributed by atoms with Gasteiger partial charge < -0.3 is 9.84 Å². The highest BCUT2D eigenvalue weighted by Gasteiger charge is 2.35. The molecule has 1 N–H and O–H groups in total. The van der Waals surface area contributed by atoms with E-state index in [9.17, 15) is 5.11 Å². The van der Waals surface area contributed by atoms with Crippen molar-refractivity contribution in [2.45, 2.75) is 38.2 Å². The van der Waals surface area contributed by atoms with Gasteiger partial charge in [0.25, 0.3) is 0 Å². The first-order valence-corrected chi connectivity index (χ1v) is 6.58. The number of hydrogen-bond acceptors (Lipinski definition) is 2. The van der Waals surface area contributed by atoms with Gasteiger partial charge in [-0.25, -0.2) is 0 Å². The second-order valence-corrected chi connectivity index (χ2v) is 5.01. The Balaban J connectivity index is 2.07. The lowest BCUT2D eigenvalue weighted by molar-refractivity contribution is -0.0675. The van der Waals surface area contributed by atoms with Crippen LogP contribution >= 0.6 is 0 Å². The van der Waals surface area contributed by atoms with Gasteiger partial charge in [-0.15, -0.1) is 0 Å². The van der Waals surface area contributed by atoms with Gasteiger partial charge in [0.05, 0.1) is 5.60 Å². The number of rotatable bonds is 4. The summed E-state index contributed by atoms with van der Waals surface area (Å²) in [5, 5.41) is 10.8. The van der Waals surface area contributed by atoms with E-state index in [1.54, 1.807) is 0 Å². The fourth-order valence-electron chi connectivity index (χ4n) is 2.74. The van der Waals surface area contributed by atoms with Gasteiger partial charge in [0.2, 0.25) is 0 Å². The number of aliphatic hydroxyl groups is 1. The topological polar surface area (TPSA) is 29.5 Å². The quantitative estimate of drug-likeness (QED) is 0.868. The average molecular weight is 234 g/mol. The van der Waals surface area contributed by atoms with Crippen LogP contribution in [0, 0.1) is 5.92 Å². The molecule has 0 aromatic heterocycles. The monoisotopic (exact) mass is 234 g/mol. The normalized spacial score (nSPS) is 21.1. The van der Waals surface area contributed by atoms with Gasteiger partial charge in [-0.1, -0.05) is 37.3 Å². The molecule has 0 saturated carbocycles. The van der Waals surface area contributed by atoms with E-state index in [2.05, 4.69) is 19.1 Å². The Kier molecular flexibility index (Phi) is 4.19. The van der Waals surface area contributed by atoms with Crippen LogP contribution in [0.1, 0.15) is 31.7 Å². The number of ether oxygens (including phenoxy) is 1. The predicted octanol–water partition coefficient (Wildman–Crippen LogP) is 2.80. The van der Waals surface area contributed by atoms with Crippen LogP contribution in [0.5, 0.6) is 0 Å². The zero-order chi connectivity index (χ0) is 12.1. The van der Waals surface area contributed by atoms with Crippen LogP contribution in [0.15, 0.2) is 30.3 Å². The van der Waals surface area contributed by atoms with Gasteiger partial charge in [0, 0.05) is 19.6 Å². The third-order valence-corrected chi connectivity index (χ3v) is 3.95. The average Bonchev–Trinajstić information content (AvgIpc) is 2.41. The molecule has 94 valence electrons. The molecule has 17 heavy (non-hydrogen) atoms. The summed E-state index contributed by atoms with van der Waals surface area (Å²) in [5.41, 5.74) is 0.661. The molecule has 1 saturated heterocycles. The molecule has 0 spiro atoms. The Hall–Kier alpha value is -0.860. The summed E-state index contributed by atoms with van der Waals surface area (Å²) in [5.74, 6) is 0.376. The van der Waals surface area contributed by atoms with Crippen molar-refractivity contribution in [2.75, 3.05) is 13.2 Å². The third kappa shape index (κ3) is 3.08. The molecule has 2 rings (SSSR count). The summed E-state index contributed by atoms with van der Waals surface area (Å²) >= 11 is 0. The van der Waals surface area contributed by atoms with Crippen LogP contribution < -0.4 is 0 Å². The lowest BCUT2D eigenvalue weighted by atomic mass is 9.76. The maximum Gasteiger partial charge on any atom is 0.0715 e. The summed E-state index contributed by atoms with van der Waals surface area (Å²) < 4.78 is 5.38. The highest BCUT2D eigenvalue weighted by atomic mass is 16.5. The molecule has 1 aliphatic heterocycles. The van der Waals surface area contributed by atoms with Gasteiger partial charge in [-0.05, 0) is 30.7 Å². The molecular formula is C15H22O2. The summed E-state index contributed by atoms with van der Waals surface area (Å²) in [7, 11) is 0. The largest absolute Gasteiger partial charge is 0.389 e. The van der Waals surface area contributed by atoms with Crippen LogP contribution in [0.4, 0.5) is 0 Å². The Bertz CT molecular complexity index is 330. The standard InChI is InChI=1S/C15H22O2/c1-2-15(16,14-8-10-17-11-9-14)12-13-6-4-3-5-7-13/h3-7,14,16H,2,8-12H2,1H3. The Morgan fingerprint density at radius 2 is 1.88 bits per heavy atom. The highest BCUT2D eigenvalue weighted by molar-refractivity contribution is 5.17. The van der Waals surface area contributed by atoms with Crippen molar-refractivity contribution in [1.82, 2.24) is 0 Å². The van der Waals surface area contributed by atoms with Crippen molar-refractivity contribution < 1.29 is 9.84 Å². The maximum absolute atomic E-state index is 10.8. The minimum Gasteiger partial charge on any atom is -0.389 e. The van der Waals surface area contributed by atoms with E-state index >= 15 is 0 Å². The minimum absolute atomic E-state index is 0.376. The van der Waals surface area contributed by atoms with Crippen molar-refractivity contribution >= 4 is 0 Å². The van der Waals surface area contributed by atoms with E-state index in [1.165, 1.54) is 5.56 Å². The second-order valence-electron chi connectivity index (χ2n) is 5.01. The van der Waals surface area contributed by atoms with Crippen molar-refractivity contribution in [3.05, 3.63) is 35.9 Å². The third-order valence-electron chi connectivity index (χ3n) is 3.95. The smallest absolute Gasteiger partial charge is 0.0715 e. The molecule has 1 aromatic carbocycles. The van der Waals surface area contributed by atoms with Crippen LogP contribution in [0.25, 0.3) is 0 Å². The number of hydrogen-bond donors (Lipinski definition) is 1. The lowest BCUT2D eigenvalue weighted by Gasteiger charge is -2.38. The first-order valence-electron chi connectivity index (χ1n) is 6.58. The molecule has 1 fully saturated rings.